The van der Waals surface area contributed by atoms with Crippen molar-refractivity contribution in [1.29, 1.82) is 0 Å². The van der Waals surface area contributed by atoms with Crippen LogP contribution in [0.3, 0.4) is 0 Å². The smallest absolute Gasteiger partial charge is 0.325 e. The summed E-state index contributed by atoms with van der Waals surface area (Å²) < 4.78 is 11.3. The zero-order chi connectivity index (χ0) is 29.5. The third kappa shape index (κ3) is 4.37. The summed E-state index contributed by atoms with van der Waals surface area (Å²) in [7, 11) is 3.10. The number of ether oxygens (including phenoxy) is 2. The Kier molecular flexibility index (Phi) is 7.62. The minimum absolute atomic E-state index is 0.0290. The molecule has 4 atom stereocenters. The van der Waals surface area contributed by atoms with Gasteiger partial charge in [-0.15, -0.1) is 0 Å². The van der Waals surface area contributed by atoms with E-state index in [1.54, 1.807) is 19.2 Å². The van der Waals surface area contributed by atoms with Crippen molar-refractivity contribution in [2.45, 2.75) is 51.6 Å². The summed E-state index contributed by atoms with van der Waals surface area (Å²) in [5.74, 6) is -3.08. The summed E-state index contributed by atoms with van der Waals surface area (Å²) in [4.78, 5) is 43.6. The number of nitrogens with one attached hydrogen (secondary N) is 1. The molecule has 3 aromatic carbocycles. The molecule has 214 valence electrons. The molecule has 0 radical (unpaired) electrons. The molecule has 3 aromatic rings. The van der Waals surface area contributed by atoms with E-state index in [4.69, 9.17) is 9.47 Å². The summed E-state index contributed by atoms with van der Waals surface area (Å²) in [6.45, 7) is 5.81. The molecule has 8 nitrogen and oxygen atoms in total. The Morgan fingerprint density at radius 3 is 2.15 bits per heavy atom. The fourth-order valence-electron chi connectivity index (χ4n) is 6.78. The highest BCUT2D eigenvalue weighted by Crippen LogP contribution is 2.53. The summed E-state index contributed by atoms with van der Waals surface area (Å²) in [6.07, 6.45) is 1.27. The topological polar surface area (TPSA) is 105 Å². The van der Waals surface area contributed by atoms with E-state index in [0.717, 1.165) is 22.3 Å². The van der Waals surface area contributed by atoms with Crippen molar-refractivity contribution in [3.8, 4) is 11.5 Å². The number of carboxylic acids is 1. The van der Waals surface area contributed by atoms with Gasteiger partial charge in [0.1, 0.15) is 17.0 Å². The third-order valence-corrected chi connectivity index (χ3v) is 8.70. The van der Waals surface area contributed by atoms with Gasteiger partial charge in [0.25, 0.3) is 0 Å². The molecule has 0 saturated carbocycles. The van der Waals surface area contributed by atoms with Gasteiger partial charge in [-0.3, -0.25) is 19.7 Å². The predicted octanol–water partition coefficient (Wildman–Crippen LogP) is 4.65. The molecule has 2 fully saturated rings. The number of benzene rings is 3. The number of anilines is 1. The van der Waals surface area contributed by atoms with Crippen LogP contribution in [0.1, 0.15) is 47.7 Å². The van der Waals surface area contributed by atoms with Gasteiger partial charge in [-0.25, -0.2) is 4.90 Å². The molecule has 0 spiro atoms. The van der Waals surface area contributed by atoms with Gasteiger partial charge in [0.15, 0.2) is 0 Å². The largest absolute Gasteiger partial charge is 0.496 e. The second kappa shape index (κ2) is 11.0. The first kappa shape index (κ1) is 28.4. The van der Waals surface area contributed by atoms with Crippen LogP contribution in [0.2, 0.25) is 0 Å². The van der Waals surface area contributed by atoms with E-state index in [0.29, 0.717) is 35.6 Å². The van der Waals surface area contributed by atoms with Gasteiger partial charge < -0.3 is 14.6 Å². The van der Waals surface area contributed by atoms with Crippen LogP contribution < -0.4 is 19.7 Å². The lowest BCUT2D eigenvalue weighted by molar-refractivity contribution is -0.148. The van der Waals surface area contributed by atoms with Crippen LogP contribution in [0.15, 0.2) is 60.7 Å². The molecule has 2 aliphatic heterocycles. The Morgan fingerprint density at radius 2 is 1.59 bits per heavy atom. The number of aryl methyl sites for hydroxylation is 2. The van der Waals surface area contributed by atoms with Crippen molar-refractivity contribution in [3.05, 3.63) is 88.5 Å². The summed E-state index contributed by atoms with van der Waals surface area (Å²) in [5, 5.41) is 14.2. The maximum absolute atomic E-state index is 14.5. The van der Waals surface area contributed by atoms with Crippen molar-refractivity contribution in [2.75, 3.05) is 19.1 Å². The first-order chi connectivity index (χ1) is 19.7. The second-order valence-corrected chi connectivity index (χ2v) is 10.7. The van der Waals surface area contributed by atoms with Crippen molar-refractivity contribution < 1.29 is 29.0 Å². The van der Waals surface area contributed by atoms with Gasteiger partial charge >= 0.3 is 5.97 Å². The lowest BCUT2D eigenvalue weighted by atomic mass is 9.76. The van der Waals surface area contributed by atoms with E-state index in [2.05, 4.69) is 5.32 Å². The number of rotatable bonds is 9. The van der Waals surface area contributed by atoms with Crippen LogP contribution in [-0.2, 0) is 33.6 Å². The van der Waals surface area contributed by atoms with Crippen LogP contribution in [0.5, 0.6) is 11.5 Å². The molecule has 5 rings (SSSR count). The van der Waals surface area contributed by atoms with E-state index in [-0.39, 0.29) is 6.42 Å². The highest BCUT2D eigenvalue weighted by Gasteiger charge is 2.69. The quantitative estimate of drug-likeness (QED) is 0.370. The molecule has 0 aliphatic carbocycles. The number of carbonyl (C=O) groups excluding carboxylic acids is 2. The van der Waals surface area contributed by atoms with Gasteiger partial charge in [-0.1, -0.05) is 68.4 Å². The number of carbonyl (C=O) groups is 3. The number of hydrogen-bond donors (Lipinski definition) is 2. The Labute approximate surface area is 240 Å². The van der Waals surface area contributed by atoms with Crippen molar-refractivity contribution in [2.24, 2.45) is 11.8 Å². The Hall–Kier alpha value is -4.17. The number of fused-ring (bicyclic) bond motifs is 1. The molecule has 41 heavy (non-hydrogen) atoms. The zero-order valence-electron chi connectivity index (χ0n) is 24.1. The zero-order valence-corrected chi connectivity index (χ0v) is 24.1. The average molecular weight is 557 g/mol. The van der Waals surface area contributed by atoms with Crippen LogP contribution in [0, 0.1) is 18.8 Å². The Morgan fingerprint density at radius 1 is 0.927 bits per heavy atom. The molecule has 2 N–H and O–H groups in total. The highest BCUT2D eigenvalue weighted by atomic mass is 16.5. The van der Waals surface area contributed by atoms with E-state index >= 15 is 0 Å². The summed E-state index contributed by atoms with van der Waals surface area (Å²) in [5.41, 5.74) is 2.68. The van der Waals surface area contributed by atoms with E-state index < -0.39 is 41.2 Å². The average Bonchev–Trinajstić information content (AvgIpc) is 3.46. The Balaban J connectivity index is 1.74. The molecule has 2 amide bonds. The molecule has 8 heteroatoms. The van der Waals surface area contributed by atoms with E-state index in [1.165, 1.54) is 12.0 Å². The Bertz CT molecular complexity index is 1480. The predicted molar refractivity (Wildman–Crippen MR) is 155 cm³/mol. The third-order valence-electron chi connectivity index (χ3n) is 8.70. The SMILES string of the molecule is CCc1cccc(CC)c1N1C(=O)C2C(c3ccc(OC)c(C)c3OC)NC(Cc3ccccc3)(C(=O)O)C2C1=O. The molecule has 0 aromatic heterocycles. The van der Waals surface area contributed by atoms with Crippen LogP contribution in [-0.4, -0.2) is 42.6 Å². The number of aliphatic carboxylic acids is 1. The number of nitrogens with zero attached hydrogens (tertiary/aromatic N) is 1. The van der Waals surface area contributed by atoms with E-state index in [1.807, 2.05) is 69.3 Å². The summed E-state index contributed by atoms with van der Waals surface area (Å²) in [6, 6.07) is 17.8. The molecule has 2 saturated heterocycles. The standard InChI is InChI=1S/C33H36N2O6/c1-6-21-14-11-15-22(7-2)28(21)35-30(36)25-26(31(35)37)33(32(38)39,18-20-12-9-8-10-13-20)34-27(25)23-16-17-24(40-4)19(3)29(23)41-5/h8-17,25-27,34H,6-7,18H2,1-5H3,(H,38,39). The molecule has 4 unspecified atom stereocenters. The molecule has 0 bridgehead atoms. The number of carboxylic acid groups (broad SMARTS) is 1. The van der Waals surface area contributed by atoms with Crippen molar-refractivity contribution in [3.63, 3.8) is 0 Å². The first-order valence-corrected chi connectivity index (χ1v) is 14.0. The minimum Gasteiger partial charge on any atom is -0.496 e. The van der Waals surface area contributed by atoms with Gasteiger partial charge in [0.05, 0.1) is 31.7 Å². The number of methoxy groups -OCH3 is 2. The summed E-state index contributed by atoms with van der Waals surface area (Å²) >= 11 is 0. The lowest BCUT2D eigenvalue weighted by Gasteiger charge is -2.32. The van der Waals surface area contributed by atoms with Crippen LogP contribution in [0.25, 0.3) is 0 Å². The van der Waals surface area contributed by atoms with Gasteiger partial charge in [0, 0.05) is 23.6 Å². The highest BCUT2D eigenvalue weighted by molar-refractivity contribution is 6.25. The maximum atomic E-state index is 14.5. The van der Waals surface area contributed by atoms with Gasteiger partial charge in [0.2, 0.25) is 11.8 Å². The van der Waals surface area contributed by atoms with Gasteiger partial charge in [-0.05, 0) is 42.5 Å². The number of hydrogen-bond acceptors (Lipinski definition) is 6. The van der Waals surface area contributed by atoms with Gasteiger partial charge in [-0.2, -0.15) is 0 Å². The first-order valence-electron chi connectivity index (χ1n) is 14.0. The normalized spacial score (nSPS) is 23.5. The minimum atomic E-state index is -1.73. The monoisotopic (exact) mass is 556 g/mol. The second-order valence-electron chi connectivity index (χ2n) is 10.7. The van der Waals surface area contributed by atoms with Crippen LogP contribution >= 0.6 is 0 Å². The molecule has 2 aliphatic rings. The maximum Gasteiger partial charge on any atom is 0.325 e. The fourth-order valence-corrected chi connectivity index (χ4v) is 6.78. The number of para-hydroxylation sites is 1. The van der Waals surface area contributed by atoms with Crippen molar-refractivity contribution >= 4 is 23.5 Å². The fraction of sp³-hybridized carbons (Fsp3) is 0.364. The number of amides is 2. The van der Waals surface area contributed by atoms with Crippen molar-refractivity contribution in [1.82, 2.24) is 5.32 Å². The van der Waals surface area contributed by atoms with Crippen LogP contribution in [0.4, 0.5) is 5.69 Å². The molecular weight excluding hydrogens is 520 g/mol. The molecular formula is C33H36N2O6. The number of imide groups is 1. The molecule has 2 heterocycles. The lowest BCUT2D eigenvalue weighted by Crippen LogP contribution is -2.57. The van der Waals surface area contributed by atoms with E-state index in [9.17, 15) is 19.5 Å².